The molecule has 0 bridgehead atoms. The highest BCUT2D eigenvalue weighted by atomic mass is 35.5. The van der Waals surface area contributed by atoms with Crippen LogP contribution in [0.3, 0.4) is 0 Å². The lowest BCUT2D eigenvalue weighted by atomic mass is 10.00. The summed E-state index contributed by atoms with van der Waals surface area (Å²) in [5.74, 6) is -0.577. The minimum atomic E-state index is -4.19. The Kier molecular flexibility index (Phi) is 6.13. The van der Waals surface area contributed by atoms with Gasteiger partial charge in [0.25, 0.3) is 10.0 Å². The molecule has 0 aliphatic carbocycles. The molecule has 4 aromatic carbocycles. The normalized spacial score (nSPS) is 11.6. The predicted molar refractivity (Wildman–Crippen MR) is 150 cm³/mol. The topological polar surface area (TPSA) is 136 Å². The lowest BCUT2D eigenvalue weighted by Gasteiger charge is -2.13. The summed E-state index contributed by atoms with van der Waals surface area (Å²) >= 11 is 6.31. The molecule has 0 atom stereocenters. The summed E-state index contributed by atoms with van der Waals surface area (Å²) in [6.45, 7) is 0. The van der Waals surface area contributed by atoms with Crippen LogP contribution in [0, 0.1) is 0 Å². The second kappa shape index (κ2) is 9.67. The van der Waals surface area contributed by atoms with Gasteiger partial charge in [0, 0.05) is 23.3 Å². The minimum absolute atomic E-state index is 0.0134. The van der Waals surface area contributed by atoms with Crippen molar-refractivity contribution in [2.75, 3.05) is 0 Å². The fourth-order valence-corrected chi connectivity index (χ4v) is 5.71. The second-order valence-electron chi connectivity index (χ2n) is 8.79. The first-order chi connectivity index (χ1) is 19.2. The molecule has 2 aromatic heterocycles. The van der Waals surface area contributed by atoms with Gasteiger partial charge in [0.2, 0.25) is 0 Å². The zero-order valence-electron chi connectivity index (χ0n) is 20.4. The Hall–Kier alpha value is -4.93. The van der Waals surface area contributed by atoms with Crippen LogP contribution in [0.25, 0.3) is 44.8 Å². The van der Waals surface area contributed by atoms with Crippen molar-refractivity contribution in [3.63, 3.8) is 0 Å². The van der Waals surface area contributed by atoms with Crippen LogP contribution >= 0.6 is 11.6 Å². The zero-order chi connectivity index (χ0) is 28.0. The third kappa shape index (κ3) is 4.29. The van der Waals surface area contributed by atoms with E-state index in [4.69, 9.17) is 16.0 Å². The highest BCUT2D eigenvalue weighted by molar-refractivity contribution is 7.89. The molecule has 2 heterocycles. The Morgan fingerprint density at radius 1 is 0.825 bits per heavy atom. The number of fused-ring (bicyclic) bond motifs is 1. The first kappa shape index (κ1) is 25.4. The molecule has 0 unspecified atom stereocenters. The van der Waals surface area contributed by atoms with Crippen molar-refractivity contribution >= 4 is 32.6 Å². The lowest BCUT2D eigenvalue weighted by Crippen LogP contribution is -2.13. The first-order valence-corrected chi connectivity index (χ1v) is 13.7. The van der Waals surface area contributed by atoms with Crippen molar-refractivity contribution in [3.8, 4) is 45.3 Å². The Morgan fingerprint density at radius 2 is 1.55 bits per heavy atom. The summed E-state index contributed by atoms with van der Waals surface area (Å²) in [6.07, 6.45) is 1.10. The molecule has 40 heavy (non-hydrogen) atoms. The van der Waals surface area contributed by atoms with E-state index >= 15 is 0 Å². The van der Waals surface area contributed by atoms with Crippen LogP contribution in [0.15, 0.2) is 111 Å². The van der Waals surface area contributed by atoms with Crippen LogP contribution in [-0.2, 0) is 10.0 Å². The van der Waals surface area contributed by atoms with E-state index in [9.17, 15) is 23.4 Å². The van der Waals surface area contributed by atoms with Gasteiger partial charge in [0.05, 0.1) is 15.5 Å². The Morgan fingerprint density at radius 3 is 2.33 bits per heavy atom. The van der Waals surface area contributed by atoms with Gasteiger partial charge in [-0.15, -0.1) is 9.19 Å². The smallest absolute Gasteiger partial charge is 0.284 e. The number of halogens is 1. The molecule has 0 aliphatic rings. The number of benzene rings is 4. The minimum Gasteiger partial charge on any atom is -0.507 e. The first-order valence-electron chi connectivity index (χ1n) is 11.8. The molecule has 6 rings (SSSR count). The van der Waals surface area contributed by atoms with E-state index in [0.717, 1.165) is 16.5 Å². The highest BCUT2D eigenvalue weighted by Crippen LogP contribution is 2.42. The molecule has 11 heteroatoms. The van der Waals surface area contributed by atoms with E-state index in [1.165, 1.54) is 24.3 Å². The Labute approximate surface area is 232 Å². The molecule has 0 radical (unpaired) electrons. The number of nitrogens with zero attached hydrogens (tertiary/aromatic N) is 3. The van der Waals surface area contributed by atoms with E-state index in [1.54, 1.807) is 54.6 Å². The summed E-state index contributed by atoms with van der Waals surface area (Å²) in [7, 11) is -4.19. The van der Waals surface area contributed by atoms with Crippen LogP contribution in [0.5, 0.6) is 11.5 Å². The monoisotopic (exact) mass is 571 g/mol. The third-order valence-electron chi connectivity index (χ3n) is 6.27. The number of aromatic nitrogens is 3. The summed E-state index contributed by atoms with van der Waals surface area (Å²) in [5.41, 5.74) is 0.589. The molecule has 0 fully saturated rings. The lowest BCUT2D eigenvalue weighted by molar-refractivity contribution is 0.453. The van der Waals surface area contributed by atoms with Gasteiger partial charge in [-0.2, -0.15) is 8.42 Å². The Balaban J connectivity index is 1.51. The van der Waals surface area contributed by atoms with Crippen LogP contribution in [0.4, 0.5) is 0 Å². The summed E-state index contributed by atoms with van der Waals surface area (Å²) in [4.78, 5) is 17.0. The zero-order valence-corrected chi connectivity index (χ0v) is 22.0. The van der Waals surface area contributed by atoms with Gasteiger partial charge < -0.3 is 14.6 Å². The molecule has 0 aliphatic heterocycles. The van der Waals surface area contributed by atoms with Crippen molar-refractivity contribution < 1.29 is 23.0 Å². The van der Waals surface area contributed by atoms with Gasteiger partial charge in [0.1, 0.15) is 29.0 Å². The van der Waals surface area contributed by atoms with Gasteiger partial charge in [-0.3, -0.25) is 4.79 Å². The van der Waals surface area contributed by atoms with E-state index in [2.05, 4.69) is 10.1 Å². The maximum atomic E-state index is 13.5. The van der Waals surface area contributed by atoms with Gasteiger partial charge >= 0.3 is 0 Å². The highest BCUT2D eigenvalue weighted by Gasteiger charge is 2.24. The maximum Gasteiger partial charge on any atom is 0.284 e. The van der Waals surface area contributed by atoms with Gasteiger partial charge in [0.15, 0.2) is 16.8 Å². The predicted octanol–water partition coefficient (Wildman–Crippen LogP) is 5.69. The van der Waals surface area contributed by atoms with Crippen molar-refractivity contribution in [2.45, 2.75) is 4.90 Å². The Bertz CT molecular complexity index is 2090. The van der Waals surface area contributed by atoms with Crippen molar-refractivity contribution in [3.05, 3.63) is 113 Å². The quantitative estimate of drug-likeness (QED) is 0.269. The average molecular weight is 572 g/mol. The fourth-order valence-electron chi connectivity index (χ4n) is 4.38. The molecular weight excluding hydrogens is 554 g/mol. The average Bonchev–Trinajstić information content (AvgIpc) is 3.45. The molecule has 9 nitrogen and oxygen atoms in total. The summed E-state index contributed by atoms with van der Waals surface area (Å²) < 4.78 is 33.7. The molecule has 198 valence electrons. The standard InChI is InChI=1S/C29H18ClN3O6S/c30-21-12-5-4-11-20(21)25-15-24(36)27-23(35)14-22(34)26(28(27)39-25)18-9-6-10-19(13-18)40(37,38)33-16-31-29(32-33)17-7-2-1-3-8-17/h1-16,34-35H. The third-order valence-corrected chi connectivity index (χ3v) is 8.12. The number of aromatic hydroxyl groups is 2. The van der Waals surface area contributed by atoms with Crippen LogP contribution in [-0.4, -0.2) is 32.8 Å². The van der Waals surface area contributed by atoms with Crippen LogP contribution in [0.1, 0.15) is 0 Å². The fraction of sp³-hybridized carbons (Fsp3) is 0. The molecule has 0 saturated carbocycles. The maximum absolute atomic E-state index is 13.5. The van der Waals surface area contributed by atoms with Gasteiger partial charge in [-0.25, -0.2) is 4.98 Å². The number of hydrogen-bond donors (Lipinski definition) is 2. The van der Waals surface area contributed by atoms with Crippen molar-refractivity contribution in [2.24, 2.45) is 0 Å². The van der Waals surface area contributed by atoms with E-state index < -0.39 is 27.0 Å². The molecule has 0 saturated heterocycles. The number of rotatable bonds is 5. The SMILES string of the molecule is O=c1cc(-c2ccccc2Cl)oc2c(-c3cccc(S(=O)(=O)n4cnc(-c5ccccc5)n4)c3)c(O)cc(O)c12. The second-order valence-corrected chi connectivity index (χ2v) is 11.0. The van der Waals surface area contributed by atoms with Gasteiger partial charge in [-0.1, -0.05) is 66.2 Å². The van der Waals surface area contributed by atoms with Crippen LogP contribution < -0.4 is 5.43 Å². The number of phenolic OH excluding ortho intramolecular Hbond substituents is 2. The number of hydrogen-bond acceptors (Lipinski definition) is 8. The van der Waals surface area contributed by atoms with Crippen molar-refractivity contribution in [1.82, 2.24) is 14.2 Å². The molecule has 6 aromatic rings. The summed E-state index contributed by atoms with van der Waals surface area (Å²) in [6, 6.07) is 23.6. The van der Waals surface area contributed by atoms with E-state index in [-0.39, 0.29) is 38.6 Å². The van der Waals surface area contributed by atoms with E-state index in [1.807, 2.05) is 6.07 Å². The molecule has 0 amide bonds. The van der Waals surface area contributed by atoms with E-state index in [0.29, 0.717) is 16.1 Å². The molecular formula is C29H18ClN3O6S. The van der Waals surface area contributed by atoms with Gasteiger partial charge in [-0.05, 0) is 29.8 Å². The number of phenols is 2. The van der Waals surface area contributed by atoms with Crippen LogP contribution in [0.2, 0.25) is 5.02 Å². The largest absolute Gasteiger partial charge is 0.507 e. The molecule has 0 spiro atoms. The summed E-state index contributed by atoms with van der Waals surface area (Å²) in [5, 5.41) is 25.6. The molecule has 2 N–H and O–H groups in total. The van der Waals surface area contributed by atoms with Crippen molar-refractivity contribution in [1.29, 1.82) is 0 Å².